The van der Waals surface area contributed by atoms with Crippen LogP contribution in [0.2, 0.25) is 0 Å². The Hall–Kier alpha value is -0.780. The summed E-state index contributed by atoms with van der Waals surface area (Å²) < 4.78 is 30.6. The fraction of sp³-hybridized carbons (Fsp3) is 0.538. The summed E-state index contributed by atoms with van der Waals surface area (Å²) in [5.41, 5.74) is 0. The SMILES string of the molecule is CNC(CS(=O)c1cccc(F)c1)C1CCOC1. The van der Waals surface area contributed by atoms with Gasteiger partial charge in [0.15, 0.2) is 0 Å². The molecule has 1 fully saturated rings. The van der Waals surface area contributed by atoms with Crippen LogP contribution in [0.25, 0.3) is 0 Å². The maximum Gasteiger partial charge on any atom is 0.124 e. The van der Waals surface area contributed by atoms with Gasteiger partial charge in [0.1, 0.15) is 5.82 Å². The van der Waals surface area contributed by atoms with Crippen molar-refractivity contribution in [1.82, 2.24) is 5.32 Å². The highest BCUT2D eigenvalue weighted by molar-refractivity contribution is 7.85. The summed E-state index contributed by atoms with van der Waals surface area (Å²) in [6, 6.07) is 6.15. The van der Waals surface area contributed by atoms with Crippen molar-refractivity contribution < 1.29 is 13.3 Å². The van der Waals surface area contributed by atoms with E-state index in [4.69, 9.17) is 4.74 Å². The summed E-state index contributed by atoms with van der Waals surface area (Å²) >= 11 is 0. The van der Waals surface area contributed by atoms with Gasteiger partial charge in [-0.1, -0.05) is 6.07 Å². The molecule has 0 radical (unpaired) electrons. The summed E-state index contributed by atoms with van der Waals surface area (Å²) in [6.45, 7) is 1.49. The van der Waals surface area contributed by atoms with Gasteiger partial charge in [-0.05, 0) is 31.7 Å². The lowest BCUT2D eigenvalue weighted by Crippen LogP contribution is -2.38. The molecule has 1 aliphatic rings. The zero-order valence-electron chi connectivity index (χ0n) is 10.4. The van der Waals surface area contributed by atoms with E-state index >= 15 is 0 Å². The lowest BCUT2D eigenvalue weighted by molar-refractivity contribution is 0.179. The van der Waals surface area contributed by atoms with Gasteiger partial charge < -0.3 is 10.1 Å². The van der Waals surface area contributed by atoms with Crippen molar-refractivity contribution >= 4 is 10.8 Å². The number of hydrogen-bond donors (Lipinski definition) is 1. The average molecular weight is 271 g/mol. The number of rotatable bonds is 5. The first-order valence-corrected chi connectivity index (χ1v) is 7.41. The molecule has 5 heteroatoms. The van der Waals surface area contributed by atoms with Gasteiger partial charge >= 0.3 is 0 Å². The molecule has 1 aromatic rings. The Morgan fingerprint density at radius 1 is 1.61 bits per heavy atom. The maximum absolute atomic E-state index is 13.1. The Bertz CT molecular complexity index is 421. The molecule has 2 rings (SSSR count). The molecule has 0 spiro atoms. The fourth-order valence-corrected chi connectivity index (χ4v) is 3.62. The van der Waals surface area contributed by atoms with Gasteiger partial charge in [-0.3, -0.25) is 4.21 Å². The standard InChI is InChI=1S/C13H18FNO2S/c1-15-13(10-5-6-17-8-10)9-18(16)12-4-2-3-11(14)7-12/h2-4,7,10,13,15H,5-6,8-9H2,1H3. The lowest BCUT2D eigenvalue weighted by atomic mass is 10.0. The third-order valence-corrected chi connectivity index (χ3v) is 4.74. The molecule has 1 heterocycles. The van der Waals surface area contributed by atoms with E-state index in [-0.39, 0.29) is 11.9 Å². The van der Waals surface area contributed by atoms with Gasteiger partial charge in [0.2, 0.25) is 0 Å². The topological polar surface area (TPSA) is 38.3 Å². The van der Waals surface area contributed by atoms with Crippen molar-refractivity contribution in [2.45, 2.75) is 17.4 Å². The Labute approximate surface area is 109 Å². The van der Waals surface area contributed by atoms with Gasteiger partial charge in [-0.15, -0.1) is 0 Å². The molecule has 18 heavy (non-hydrogen) atoms. The highest BCUT2D eigenvalue weighted by Crippen LogP contribution is 2.19. The third-order valence-electron chi connectivity index (χ3n) is 3.29. The fourth-order valence-electron chi connectivity index (χ4n) is 2.19. The van der Waals surface area contributed by atoms with E-state index in [0.717, 1.165) is 13.0 Å². The summed E-state index contributed by atoms with van der Waals surface area (Å²) in [5.74, 6) is 0.548. The van der Waals surface area contributed by atoms with Crippen molar-refractivity contribution in [2.75, 3.05) is 26.0 Å². The molecular weight excluding hydrogens is 253 g/mol. The van der Waals surface area contributed by atoms with Crippen LogP contribution < -0.4 is 5.32 Å². The molecule has 100 valence electrons. The van der Waals surface area contributed by atoms with Crippen LogP contribution in [0.1, 0.15) is 6.42 Å². The Morgan fingerprint density at radius 2 is 2.44 bits per heavy atom. The van der Waals surface area contributed by atoms with E-state index in [1.807, 2.05) is 7.05 Å². The lowest BCUT2D eigenvalue weighted by Gasteiger charge is -2.21. The van der Waals surface area contributed by atoms with E-state index in [1.54, 1.807) is 12.1 Å². The highest BCUT2D eigenvalue weighted by atomic mass is 32.2. The minimum Gasteiger partial charge on any atom is -0.381 e. The van der Waals surface area contributed by atoms with Crippen molar-refractivity contribution in [3.05, 3.63) is 30.1 Å². The van der Waals surface area contributed by atoms with Crippen LogP contribution in [0.5, 0.6) is 0 Å². The smallest absolute Gasteiger partial charge is 0.124 e. The van der Waals surface area contributed by atoms with Crippen LogP contribution in [0.15, 0.2) is 29.2 Å². The second-order valence-corrected chi connectivity index (χ2v) is 5.98. The van der Waals surface area contributed by atoms with E-state index in [9.17, 15) is 8.60 Å². The summed E-state index contributed by atoms with van der Waals surface area (Å²) in [6.07, 6.45) is 0.992. The molecule has 0 amide bonds. The van der Waals surface area contributed by atoms with Gasteiger partial charge in [0.05, 0.1) is 17.4 Å². The Kier molecular flexibility index (Phi) is 4.86. The number of hydrogen-bond acceptors (Lipinski definition) is 3. The van der Waals surface area contributed by atoms with Crippen molar-refractivity contribution in [3.63, 3.8) is 0 Å². The highest BCUT2D eigenvalue weighted by Gasteiger charge is 2.26. The first kappa shape index (κ1) is 13.6. The predicted octanol–water partition coefficient (Wildman–Crippen LogP) is 1.56. The largest absolute Gasteiger partial charge is 0.381 e. The molecule has 0 saturated carbocycles. The second kappa shape index (κ2) is 6.41. The molecule has 0 aliphatic carbocycles. The van der Waals surface area contributed by atoms with Crippen LogP contribution in [0.3, 0.4) is 0 Å². The number of ether oxygens (including phenoxy) is 1. The van der Waals surface area contributed by atoms with Crippen molar-refractivity contribution in [2.24, 2.45) is 5.92 Å². The first-order valence-electron chi connectivity index (χ1n) is 6.09. The number of benzene rings is 1. The first-order chi connectivity index (χ1) is 8.70. The zero-order valence-corrected chi connectivity index (χ0v) is 11.2. The van der Waals surface area contributed by atoms with E-state index in [1.165, 1.54) is 12.1 Å². The Balaban J connectivity index is 2.00. The molecule has 1 aromatic carbocycles. The van der Waals surface area contributed by atoms with Crippen LogP contribution in [0.4, 0.5) is 4.39 Å². The molecule has 1 N–H and O–H groups in total. The molecule has 3 nitrogen and oxygen atoms in total. The van der Waals surface area contributed by atoms with E-state index < -0.39 is 10.8 Å². The summed E-state index contributed by atoms with van der Waals surface area (Å²) in [5, 5.41) is 3.19. The van der Waals surface area contributed by atoms with Gasteiger partial charge in [-0.2, -0.15) is 0 Å². The maximum atomic E-state index is 13.1. The van der Waals surface area contributed by atoms with Crippen LogP contribution >= 0.6 is 0 Å². The van der Waals surface area contributed by atoms with E-state index in [2.05, 4.69) is 5.32 Å². The van der Waals surface area contributed by atoms with Crippen LogP contribution in [-0.2, 0) is 15.5 Å². The monoisotopic (exact) mass is 271 g/mol. The molecule has 1 aliphatic heterocycles. The van der Waals surface area contributed by atoms with Crippen molar-refractivity contribution in [1.29, 1.82) is 0 Å². The minimum absolute atomic E-state index is 0.150. The molecule has 1 saturated heterocycles. The second-order valence-electron chi connectivity index (χ2n) is 4.49. The Morgan fingerprint density at radius 3 is 3.06 bits per heavy atom. The van der Waals surface area contributed by atoms with Crippen LogP contribution in [-0.4, -0.2) is 36.3 Å². The van der Waals surface area contributed by atoms with Crippen LogP contribution in [0, 0.1) is 11.7 Å². The molecule has 3 atom stereocenters. The minimum atomic E-state index is -1.18. The molecular formula is C13H18FNO2S. The predicted molar refractivity (Wildman–Crippen MR) is 69.4 cm³/mol. The third kappa shape index (κ3) is 3.37. The van der Waals surface area contributed by atoms with Gasteiger partial charge in [0.25, 0.3) is 0 Å². The summed E-state index contributed by atoms with van der Waals surface area (Å²) in [7, 11) is 0.689. The van der Waals surface area contributed by atoms with E-state index in [0.29, 0.717) is 23.2 Å². The quantitative estimate of drug-likeness (QED) is 0.883. The normalized spacial score (nSPS) is 22.9. The zero-order chi connectivity index (χ0) is 13.0. The molecule has 3 unspecified atom stereocenters. The van der Waals surface area contributed by atoms with Gasteiger partial charge in [-0.25, -0.2) is 4.39 Å². The number of halogens is 1. The number of nitrogens with one attached hydrogen (secondary N) is 1. The molecule has 0 aromatic heterocycles. The summed E-state index contributed by atoms with van der Waals surface area (Å²) in [4.78, 5) is 0.550. The van der Waals surface area contributed by atoms with Crippen molar-refractivity contribution in [3.8, 4) is 0 Å². The van der Waals surface area contributed by atoms with Gasteiger partial charge in [0, 0.05) is 29.2 Å². The molecule has 0 bridgehead atoms. The average Bonchev–Trinajstić information content (AvgIpc) is 2.89.